The average Bonchev–Trinajstić information content (AvgIpc) is 2.39. The van der Waals surface area contributed by atoms with Crippen LogP contribution < -0.4 is 5.73 Å². The highest BCUT2D eigenvalue weighted by Gasteiger charge is 2.23. The molecule has 0 bridgehead atoms. The van der Waals surface area contributed by atoms with E-state index in [1.807, 2.05) is 0 Å². The van der Waals surface area contributed by atoms with Crippen LogP contribution in [0.5, 0.6) is 5.75 Å². The van der Waals surface area contributed by atoms with E-state index in [1.165, 1.54) is 12.1 Å². The standard InChI is InChI=1S/C13H18F2N2O3/c14-12(15)8-17(5-6-18)13(20)11(16)7-9-1-3-10(19)4-2-9/h1-4,11-12,18-19H,5-8,16H2/t11-/m1/s1. The molecule has 0 saturated heterocycles. The van der Waals surface area contributed by atoms with Crippen molar-refractivity contribution in [2.45, 2.75) is 18.9 Å². The summed E-state index contributed by atoms with van der Waals surface area (Å²) in [4.78, 5) is 12.8. The van der Waals surface area contributed by atoms with Gasteiger partial charge in [-0.2, -0.15) is 0 Å². The number of amides is 1. The summed E-state index contributed by atoms with van der Waals surface area (Å²) in [5.41, 5.74) is 6.43. The first-order chi connectivity index (χ1) is 9.43. The van der Waals surface area contributed by atoms with Crippen LogP contribution in [0.25, 0.3) is 0 Å². The van der Waals surface area contributed by atoms with Crippen LogP contribution in [-0.2, 0) is 11.2 Å². The van der Waals surface area contributed by atoms with Gasteiger partial charge in [0.1, 0.15) is 5.75 Å². The van der Waals surface area contributed by atoms with Gasteiger partial charge in [0, 0.05) is 6.54 Å². The minimum absolute atomic E-state index is 0.0910. The van der Waals surface area contributed by atoms with Crippen LogP contribution in [0.15, 0.2) is 24.3 Å². The molecule has 1 rings (SSSR count). The average molecular weight is 288 g/mol. The lowest BCUT2D eigenvalue weighted by Gasteiger charge is -2.24. The number of hydrogen-bond acceptors (Lipinski definition) is 4. The fraction of sp³-hybridized carbons (Fsp3) is 0.462. The lowest BCUT2D eigenvalue weighted by atomic mass is 10.1. The number of aliphatic hydroxyl groups excluding tert-OH is 1. The number of phenols is 1. The van der Waals surface area contributed by atoms with Crippen molar-refractivity contribution in [3.05, 3.63) is 29.8 Å². The Morgan fingerprint density at radius 1 is 1.30 bits per heavy atom. The van der Waals surface area contributed by atoms with Crippen LogP contribution in [0.2, 0.25) is 0 Å². The number of rotatable bonds is 7. The third-order valence-corrected chi connectivity index (χ3v) is 2.75. The van der Waals surface area contributed by atoms with Gasteiger partial charge in [-0.25, -0.2) is 8.78 Å². The highest BCUT2D eigenvalue weighted by Crippen LogP contribution is 2.12. The molecule has 0 aliphatic heterocycles. The van der Waals surface area contributed by atoms with Gasteiger partial charge in [0.15, 0.2) is 0 Å². The van der Waals surface area contributed by atoms with Gasteiger partial charge in [-0.15, -0.1) is 0 Å². The summed E-state index contributed by atoms with van der Waals surface area (Å²) < 4.78 is 24.7. The number of nitrogens with zero attached hydrogens (tertiary/aromatic N) is 1. The fourth-order valence-electron chi connectivity index (χ4n) is 1.79. The lowest BCUT2D eigenvalue weighted by molar-refractivity contribution is -0.135. The molecular formula is C13H18F2N2O3. The Morgan fingerprint density at radius 2 is 1.90 bits per heavy atom. The second kappa shape index (κ2) is 7.76. The van der Waals surface area contributed by atoms with Crippen molar-refractivity contribution < 1.29 is 23.8 Å². The molecule has 0 aliphatic rings. The molecule has 0 aromatic heterocycles. The van der Waals surface area contributed by atoms with Crippen molar-refractivity contribution in [2.75, 3.05) is 19.7 Å². The number of alkyl halides is 2. The molecule has 1 atom stereocenters. The first kappa shape index (κ1) is 16.3. The normalized spacial score (nSPS) is 12.4. The monoisotopic (exact) mass is 288 g/mol. The number of carbonyl (C=O) groups is 1. The van der Waals surface area contributed by atoms with Crippen molar-refractivity contribution in [1.29, 1.82) is 0 Å². The summed E-state index contributed by atoms with van der Waals surface area (Å²) in [6.07, 6.45) is -2.50. The molecule has 0 spiro atoms. The zero-order valence-corrected chi connectivity index (χ0v) is 10.9. The Kier molecular flexibility index (Phi) is 6.33. The van der Waals surface area contributed by atoms with Crippen molar-refractivity contribution in [3.8, 4) is 5.75 Å². The molecule has 1 amide bonds. The lowest BCUT2D eigenvalue weighted by Crippen LogP contribution is -2.47. The van der Waals surface area contributed by atoms with Gasteiger partial charge in [0.05, 0.1) is 19.2 Å². The predicted molar refractivity (Wildman–Crippen MR) is 69.5 cm³/mol. The molecular weight excluding hydrogens is 270 g/mol. The molecule has 1 aromatic rings. The molecule has 1 aromatic carbocycles. The van der Waals surface area contributed by atoms with Gasteiger partial charge in [-0.3, -0.25) is 4.79 Å². The maximum atomic E-state index is 12.4. The Hall–Kier alpha value is -1.73. The number of phenolic OH excluding ortho intramolecular Hbond substituents is 1. The molecule has 5 nitrogen and oxygen atoms in total. The molecule has 4 N–H and O–H groups in total. The van der Waals surface area contributed by atoms with Crippen LogP contribution in [0, 0.1) is 0 Å². The highest BCUT2D eigenvalue weighted by atomic mass is 19.3. The predicted octanol–water partition coefficient (Wildman–Crippen LogP) is 0.348. The van der Waals surface area contributed by atoms with E-state index in [-0.39, 0.29) is 18.7 Å². The zero-order chi connectivity index (χ0) is 15.1. The van der Waals surface area contributed by atoms with Gasteiger partial charge in [0.25, 0.3) is 6.43 Å². The minimum atomic E-state index is -2.67. The first-order valence-electron chi connectivity index (χ1n) is 6.15. The van der Waals surface area contributed by atoms with E-state index in [0.29, 0.717) is 5.56 Å². The second-order valence-electron chi connectivity index (χ2n) is 4.38. The van der Waals surface area contributed by atoms with Gasteiger partial charge >= 0.3 is 0 Å². The quantitative estimate of drug-likeness (QED) is 0.675. The van der Waals surface area contributed by atoms with Crippen LogP contribution >= 0.6 is 0 Å². The molecule has 0 fully saturated rings. The second-order valence-corrected chi connectivity index (χ2v) is 4.38. The van der Waals surface area contributed by atoms with Crippen LogP contribution in [0.1, 0.15) is 5.56 Å². The number of benzene rings is 1. The third kappa shape index (κ3) is 5.10. The Balaban J connectivity index is 2.65. The molecule has 0 unspecified atom stereocenters. The smallest absolute Gasteiger partial charge is 0.255 e. The van der Waals surface area contributed by atoms with Gasteiger partial charge in [-0.05, 0) is 24.1 Å². The topological polar surface area (TPSA) is 86.8 Å². The summed E-state index contributed by atoms with van der Waals surface area (Å²) in [6, 6.07) is 5.15. The van der Waals surface area contributed by atoms with E-state index in [1.54, 1.807) is 12.1 Å². The Labute approximate surface area is 115 Å². The molecule has 112 valence electrons. The fourth-order valence-corrected chi connectivity index (χ4v) is 1.79. The Morgan fingerprint density at radius 3 is 2.40 bits per heavy atom. The van der Waals surface area contributed by atoms with E-state index in [0.717, 1.165) is 4.90 Å². The van der Waals surface area contributed by atoms with Crippen LogP contribution in [0.3, 0.4) is 0 Å². The maximum absolute atomic E-state index is 12.4. The first-order valence-corrected chi connectivity index (χ1v) is 6.15. The molecule has 7 heteroatoms. The van der Waals surface area contributed by atoms with E-state index in [4.69, 9.17) is 15.9 Å². The van der Waals surface area contributed by atoms with Crippen LogP contribution in [0.4, 0.5) is 8.78 Å². The van der Waals surface area contributed by atoms with Crippen LogP contribution in [-0.4, -0.2) is 53.2 Å². The SMILES string of the molecule is N[C@H](Cc1ccc(O)cc1)C(=O)N(CCO)CC(F)F. The number of carbonyl (C=O) groups excluding carboxylic acids is 1. The maximum Gasteiger partial charge on any atom is 0.255 e. The highest BCUT2D eigenvalue weighted by molar-refractivity contribution is 5.82. The summed E-state index contributed by atoms with van der Waals surface area (Å²) in [5.74, 6) is -0.541. The largest absolute Gasteiger partial charge is 0.508 e. The summed E-state index contributed by atoms with van der Waals surface area (Å²) in [7, 11) is 0. The number of aliphatic hydroxyl groups is 1. The molecule has 0 heterocycles. The minimum Gasteiger partial charge on any atom is -0.508 e. The number of halogens is 2. The van der Waals surface area contributed by atoms with E-state index >= 15 is 0 Å². The molecule has 0 saturated carbocycles. The van der Waals surface area contributed by atoms with Gasteiger partial charge < -0.3 is 20.8 Å². The summed E-state index contributed by atoms with van der Waals surface area (Å²) in [5, 5.41) is 17.9. The Bertz CT molecular complexity index is 426. The molecule has 20 heavy (non-hydrogen) atoms. The van der Waals surface area contributed by atoms with Gasteiger partial charge in [-0.1, -0.05) is 12.1 Å². The third-order valence-electron chi connectivity index (χ3n) is 2.75. The van der Waals surface area contributed by atoms with Gasteiger partial charge in [0.2, 0.25) is 5.91 Å². The van der Waals surface area contributed by atoms with Crippen molar-refractivity contribution in [2.24, 2.45) is 5.73 Å². The van der Waals surface area contributed by atoms with Crippen molar-refractivity contribution >= 4 is 5.91 Å². The summed E-state index contributed by atoms with van der Waals surface area (Å²) >= 11 is 0. The van der Waals surface area contributed by atoms with E-state index in [9.17, 15) is 13.6 Å². The van der Waals surface area contributed by atoms with E-state index in [2.05, 4.69) is 0 Å². The molecule has 0 aliphatic carbocycles. The summed E-state index contributed by atoms with van der Waals surface area (Å²) in [6.45, 7) is -1.32. The van der Waals surface area contributed by atoms with Crippen molar-refractivity contribution in [3.63, 3.8) is 0 Å². The number of aromatic hydroxyl groups is 1. The van der Waals surface area contributed by atoms with E-state index < -0.39 is 31.5 Å². The van der Waals surface area contributed by atoms with Crippen molar-refractivity contribution in [1.82, 2.24) is 4.90 Å². The zero-order valence-electron chi connectivity index (χ0n) is 10.9. The number of hydrogen-bond donors (Lipinski definition) is 3. The number of nitrogens with two attached hydrogens (primary N) is 1. The molecule has 0 radical (unpaired) electrons.